The van der Waals surface area contributed by atoms with Gasteiger partial charge in [-0.05, 0) is 60.5 Å². The molecule has 0 aromatic heterocycles. The van der Waals surface area contributed by atoms with Crippen molar-refractivity contribution in [2.75, 3.05) is 17.2 Å². The Morgan fingerprint density at radius 2 is 1.63 bits per heavy atom. The first-order valence-corrected chi connectivity index (χ1v) is 9.87. The molecule has 0 bridgehead atoms. The lowest BCUT2D eigenvalue weighted by Crippen LogP contribution is -2.47. The molecule has 1 aliphatic heterocycles. The van der Waals surface area contributed by atoms with Crippen LogP contribution in [-0.4, -0.2) is 23.4 Å². The number of halogens is 2. The number of benzene rings is 3. The number of hydrogen-bond donors (Lipinski definition) is 2. The number of anilines is 2. The average molecular weight is 424 g/mol. The van der Waals surface area contributed by atoms with Crippen molar-refractivity contribution < 1.29 is 14.0 Å². The summed E-state index contributed by atoms with van der Waals surface area (Å²) in [6, 6.07) is 19.5. The molecule has 4 rings (SSSR count). The largest absolute Gasteiger partial charge is 0.322 e. The van der Waals surface area contributed by atoms with Gasteiger partial charge < -0.3 is 15.5 Å². The van der Waals surface area contributed by atoms with Crippen molar-refractivity contribution in [3.05, 3.63) is 94.8 Å². The number of nitrogens with one attached hydrogen (secondary N) is 2. The Morgan fingerprint density at radius 3 is 2.30 bits per heavy atom. The highest BCUT2D eigenvalue weighted by molar-refractivity contribution is 6.30. The van der Waals surface area contributed by atoms with Gasteiger partial charge in [-0.25, -0.2) is 9.18 Å². The number of likely N-dealkylation sites (tertiary alicyclic amines) is 1. The summed E-state index contributed by atoms with van der Waals surface area (Å²) in [6.07, 6.45) is 0.880. The van der Waals surface area contributed by atoms with Crippen LogP contribution in [0.5, 0.6) is 0 Å². The number of amides is 3. The molecular formula is C23H19ClFN3O2. The summed E-state index contributed by atoms with van der Waals surface area (Å²) in [4.78, 5) is 26.9. The summed E-state index contributed by atoms with van der Waals surface area (Å²) in [5.41, 5.74) is 2.26. The summed E-state index contributed by atoms with van der Waals surface area (Å²) in [6.45, 7) is 0.652. The Morgan fingerprint density at radius 1 is 0.933 bits per heavy atom. The Balaban J connectivity index is 1.42. The van der Waals surface area contributed by atoms with Crippen LogP contribution in [0.4, 0.5) is 20.6 Å². The third-order valence-electron chi connectivity index (χ3n) is 4.99. The lowest BCUT2D eigenvalue weighted by Gasteiger charge is -2.41. The lowest BCUT2D eigenvalue weighted by atomic mass is 9.95. The zero-order valence-corrected chi connectivity index (χ0v) is 16.7. The van der Waals surface area contributed by atoms with E-state index < -0.39 is 5.82 Å². The molecule has 30 heavy (non-hydrogen) atoms. The van der Waals surface area contributed by atoms with E-state index in [0.717, 1.165) is 12.0 Å². The number of carbonyl (C=O) groups excluding carboxylic acids is 2. The highest BCUT2D eigenvalue weighted by Crippen LogP contribution is 2.34. The smallest absolute Gasteiger partial charge is 0.322 e. The summed E-state index contributed by atoms with van der Waals surface area (Å²) < 4.78 is 13.3. The standard InChI is InChI=1S/C23H19ClFN3O2/c24-17-9-7-15(8-10-17)21-11-12-28(21)23(30)27-19-5-1-3-16(13-19)22(29)26-20-6-2-4-18(25)14-20/h1-10,13-14,21H,11-12H2,(H,26,29)(H,27,30). The molecule has 1 atom stereocenters. The maximum atomic E-state index is 13.3. The molecule has 3 aromatic rings. The van der Waals surface area contributed by atoms with E-state index in [1.165, 1.54) is 18.2 Å². The topological polar surface area (TPSA) is 61.4 Å². The Labute approximate surface area is 178 Å². The Bertz CT molecular complexity index is 1090. The molecule has 1 fully saturated rings. The highest BCUT2D eigenvalue weighted by atomic mass is 35.5. The van der Waals surface area contributed by atoms with E-state index in [1.807, 2.05) is 24.3 Å². The van der Waals surface area contributed by atoms with Crippen molar-refractivity contribution in [3.8, 4) is 0 Å². The third kappa shape index (κ3) is 4.44. The number of carbonyl (C=O) groups is 2. The zero-order valence-electron chi connectivity index (χ0n) is 15.9. The van der Waals surface area contributed by atoms with E-state index in [2.05, 4.69) is 10.6 Å². The Hall–Kier alpha value is -3.38. The maximum absolute atomic E-state index is 13.3. The molecule has 7 heteroatoms. The van der Waals surface area contributed by atoms with Crippen LogP contribution in [0.25, 0.3) is 0 Å². The van der Waals surface area contributed by atoms with Crippen molar-refractivity contribution in [1.29, 1.82) is 0 Å². The highest BCUT2D eigenvalue weighted by Gasteiger charge is 2.33. The molecule has 152 valence electrons. The molecule has 5 nitrogen and oxygen atoms in total. The van der Waals surface area contributed by atoms with Gasteiger partial charge in [-0.3, -0.25) is 4.79 Å². The third-order valence-corrected chi connectivity index (χ3v) is 5.25. The van der Waals surface area contributed by atoms with Crippen LogP contribution < -0.4 is 10.6 Å². The van der Waals surface area contributed by atoms with Gasteiger partial charge in [0.1, 0.15) is 5.82 Å². The van der Waals surface area contributed by atoms with Crippen LogP contribution in [0.1, 0.15) is 28.4 Å². The van der Waals surface area contributed by atoms with Crippen LogP contribution in [-0.2, 0) is 0 Å². The summed E-state index contributed by atoms with van der Waals surface area (Å²) >= 11 is 5.94. The second-order valence-electron chi connectivity index (χ2n) is 7.02. The minimum Gasteiger partial charge on any atom is -0.322 e. The van der Waals surface area contributed by atoms with Gasteiger partial charge in [0.25, 0.3) is 5.91 Å². The van der Waals surface area contributed by atoms with Gasteiger partial charge in [-0.2, -0.15) is 0 Å². The van der Waals surface area contributed by atoms with Crippen LogP contribution in [0.2, 0.25) is 5.02 Å². The van der Waals surface area contributed by atoms with E-state index in [-0.39, 0.29) is 18.0 Å². The van der Waals surface area contributed by atoms with Gasteiger partial charge in [0, 0.05) is 28.5 Å². The maximum Gasteiger partial charge on any atom is 0.322 e. The van der Waals surface area contributed by atoms with Crippen molar-refractivity contribution >= 4 is 34.9 Å². The van der Waals surface area contributed by atoms with E-state index in [0.29, 0.717) is 28.5 Å². The predicted molar refractivity (Wildman–Crippen MR) is 115 cm³/mol. The molecule has 0 spiro atoms. The first kappa shape index (κ1) is 19.9. The molecule has 1 unspecified atom stereocenters. The second kappa shape index (κ2) is 8.55. The van der Waals surface area contributed by atoms with E-state index in [1.54, 1.807) is 35.2 Å². The predicted octanol–water partition coefficient (Wildman–Crippen LogP) is 5.71. The van der Waals surface area contributed by atoms with Gasteiger partial charge in [-0.15, -0.1) is 0 Å². The quantitative estimate of drug-likeness (QED) is 0.564. The van der Waals surface area contributed by atoms with Gasteiger partial charge in [-0.1, -0.05) is 35.9 Å². The molecule has 0 radical (unpaired) electrons. The molecule has 1 aliphatic rings. The van der Waals surface area contributed by atoms with Gasteiger partial charge >= 0.3 is 6.03 Å². The monoisotopic (exact) mass is 423 g/mol. The van der Waals surface area contributed by atoms with Gasteiger partial charge in [0.2, 0.25) is 0 Å². The first-order chi connectivity index (χ1) is 14.5. The van der Waals surface area contributed by atoms with Crippen LogP contribution >= 0.6 is 11.6 Å². The minimum absolute atomic E-state index is 0.00160. The molecule has 1 heterocycles. The van der Waals surface area contributed by atoms with E-state index in [9.17, 15) is 14.0 Å². The van der Waals surface area contributed by atoms with Gasteiger partial charge in [0.15, 0.2) is 0 Å². The fourth-order valence-corrected chi connectivity index (χ4v) is 3.49. The molecule has 0 saturated carbocycles. The zero-order chi connectivity index (χ0) is 21.1. The minimum atomic E-state index is -0.432. The Kier molecular flexibility index (Phi) is 5.68. The summed E-state index contributed by atoms with van der Waals surface area (Å²) in [7, 11) is 0. The lowest BCUT2D eigenvalue weighted by molar-refractivity contribution is 0.102. The number of urea groups is 1. The van der Waals surface area contributed by atoms with E-state index >= 15 is 0 Å². The fourth-order valence-electron chi connectivity index (χ4n) is 3.36. The summed E-state index contributed by atoms with van der Waals surface area (Å²) in [5, 5.41) is 6.14. The number of rotatable bonds is 4. The normalized spacial score (nSPS) is 15.3. The molecule has 2 N–H and O–H groups in total. The van der Waals surface area contributed by atoms with Crippen molar-refractivity contribution in [2.24, 2.45) is 0 Å². The van der Waals surface area contributed by atoms with Crippen molar-refractivity contribution in [2.45, 2.75) is 12.5 Å². The van der Waals surface area contributed by atoms with E-state index in [4.69, 9.17) is 11.6 Å². The average Bonchev–Trinajstić information content (AvgIpc) is 2.69. The number of hydrogen-bond acceptors (Lipinski definition) is 2. The molecule has 3 aromatic carbocycles. The number of nitrogens with zero attached hydrogens (tertiary/aromatic N) is 1. The van der Waals surface area contributed by atoms with Crippen LogP contribution in [0.15, 0.2) is 72.8 Å². The fraction of sp³-hybridized carbons (Fsp3) is 0.130. The first-order valence-electron chi connectivity index (χ1n) is 9.50. The van der Waals surface area contributed by atoms with Crippen molar-refractivity contribution in [3.63, 3.8) is 0 Å². The molecule has 1 saturated heterocycles. The van der Waals surface area contributed by atoms with Crippen molar-refractivity contribution in [1.82, 2.24) is 4.90 Å². The van der Waals surface area contributed by atoms with Crippen LogP contribution in [0.3, 0.4) is 0 Å². The molecule has 0 aliphatic carbocycles. The SMILES string of the molecule is O=C(Nc1cccc(F)c1)c1cccc(NC(=O)N2CCC2c2ccc(Cl)cc2)c1. The molecular weight excluding hydrogens is 405 g/mol. The van der Waals surface area contributed by atoms with Crippen LogP contribution in [0, 0.1) is 5.82 Å². The molecule has 3 amide bonds. The second-order valence-corrected chi connectivity index (χ2v) is 7.46. The van der Waals surface area contributed by atoms with Gasteiger partial charge in [0.05, 0.1) is 6.04 Å². The summed E-state index contributed by atoms with van der Waals surface area (Å²) in [5.74, 6) is -0.821.